The molecule has 0 spiro atoms. The Morgan fingerprint density at radius 2 is 1.05 bits per heavy atom. The summed E-state index contributed by atoms with van der Waals surface area (Å²) >= 11 is 0. The largest absolute Gasteiger partial charge is 0.449 e. The molecule has 3 heterocycles. The summed E-state index contributed by atoms with van der Waals surface area (Å²) in [6.07, 6.45) is 6.48. The van der Waals surface area contributed by atoms with E-state index in [0.717, 1.165) is 45.3 Å². The van der Waals surface area contributed by atoms with Gasteiger partial charge in [0.1, 0.15) is 0 Å². The Morgan fingerprint density at radius 1 is 0.667 bits per heavy atom. The topological polar surface area (TPSA) is 79.4 Å². The quantitative estimate of drug-likeness (QED) is 0.350. The molecule has 3 unspecified atom stereocenters. The van der Waals surface area contributed by atoms with Crippen LogP contribution in [0.5, 0.6) is 0 Å². The summed E-state index contributed by atoms with van der Waals surface area (Å²) in [6.45, 7) is 21.2. The van der Waals surface area contributed by atoms with Crippen molar-refractivity contribution < 1.29 is 23.9 Å². The van der Waals surface area contributed by atoms with Gasteiger partial charge < -0.3 is 24.2 Å². The first-order valence-electron chi connectivity index (χ1n) is 14.1. The van der Waals surface area contributed by atoms with Crippen molar-refractivity contribution in [1.82, 2.24) is 14.7 Å². The molecule has 3 aliphatic rings. The highest BCUT2D eigenvalue weighted by molar-refractivity contribution is 5.78. The van der Waals surface area contributed by atoms with Gasteiger partial charge in [-0.05, 0) is 79.1 Å². The maximum Gasteiger partial charge on any atom is 0.410 e. The first-order valence-corrected chi connectivity index (χ1v) is 14.1. The zero-order valence-corrected chi connectivity index (χ0v) is 24.4. The molecule has 3 aliphatic heterocycles. The van der Waals surface area contributed by atoms with E-state index in [2.05, 4.69) is 20.8 Å². The molecule has 3 rings (SSSR count). The average Bonchev–Trinajstić information content (AvgIpc) is 3.53. The third-order valence-corrected chi connectivity index (χ3v) is 6.78. The predicted octanol–water partition coefficient (Wildman–Crippen LogP) is 7.84. The average molecular weight is 560 g/mol. The van der Waals surface area contributed by atoms with Crippen molar-refractivity contribution in [2.45, 2.75) is 147 Å². The lowest BCUT2D eigenvalue weighted by Crippen LogP contribution is -2.36. The number of hydrogen-bond acceptors (Lipinski definition) is 5. The van der Waals surface area contributed by atoms with Crippen molar-refractivity contribution in [3.05, 3.63) is 0 Å². The Morgan fingerprint density at radius 3 is 1.36 bits per heavy atom. The molecule has 0 bridgehead atoms. The van der Waals surface area contributed by atoms with Crippen LogP contribution in [0, 0.1) is 11.8 Å². The second-order valence-electron chi connectivity index (χ2n) is 11.5. The smallest absolute Gasteiger partial charge is 0.410 e. The lowest BCUT2D eigenvalue weighted by molar-refractivity contribution is -0.134. The lowest BCUT2D eigenvalue weighted by Gasteiger charge is -2.23. The Bertz CT molecular complexity index is 683. The number of nitrogens with zero attached hydrogens (tertiary/aromatic N) is 3. The van der Waals surface area contributed by atoms with Crippen molar-refractivity contribution in [1.29, 1.82) is 0 Å². The summed E-state index contributed by atoms with van der Waals surface area (Å²) in [5.41, 5.74) is 0. The molecule has 3 atom stereocenters. The molecule has 3 amide bonds. The molecule has 0 aromatic heterocycles. The first kappa shape index (κ1) is 41.5. The van der Waals surface area contributed by atoms with E-state index in [9.17, 15) is 14.4 Å². The highest BCUT2D eigenvalue weighted by Gasteiger charge is 2.28. The van der Waals surface area contributed by atoms with Crippen LogP contribution in [0.4, 0.5) is 9.59 Å². The van der Waals surface area contributed by atoms with Gasteiger partial charge in [0.2, 0.25) is 5.91 Å². The second kappa shape index (κ2) is 20.8. The Balaban J connectivity index is -0.000000481. The Hall–Kier alpha value is -1.99. The van der Waals surface area contributed by atoms with Gasteiger partial charge in [-0.3, -0.25) is 4.79 Å². The molecule has 0 aromatic rings. The van der Waals surface area contributed by atoms with Gasteiger partial charge in [0, 0.05) is 43.7 Å². The minimum atomic E-state index is -0.157. The van der Waals surface area contributed by atoms with Crippen LogP contribution in [-0.2, 0) is 14.3 Å². The predicted molar refractivity (Wildman–Crippen MR) is 164 cm³/mol. The van der Waals surface area contributed by atoms with Crippen LogP contribution in [0.25, 0.3) is 0 Å². The van der Waals surface area contributed by atoms with Gasteiger partial charge in [-0.1, -0.05) is 50.0 Å². The van der Waals surface area contributed by atoms with Crippen molar-refractivity contribution in [2.24, 2.45) is 11.8 Å². The van der Waals surface area contributed by atoms with Crippen LogP contribution in [0.3, 0.4) is 0 Å². The molecule has 3 saturated heterocycles. The van der Waals surface area contributed by atoms with Gasteiger partial charge in [0.25, 0.3) is 0 Å². The zero-order valence-electron chi connectivity index (χ0n) is 24.4. The maximum absolute atomic E-state index is 11.5. The number of carbonyl (C=O) groups excluding carboxylic acids is 3. The second-order valence-corrected chi connectivity index (χ2v) is 11.5. The fraction of sp³-hybridized carbons (Fsp3) is 0.903. The van der Waals surface area contributed by atoms with Crippen LogP contribution in [0.1, 0.15) is 123 Å². The monoisotopic (exact) mass is 559 g/mol. The molecule has 8 heteroatoms. The number of rotatable bonds is 4. The summed E-state index contributed by atoms with van der Waals surface area (Å²) in [7, 11) is 0. The summed E-state index contributed by atoms with van der Waals surface area (Å²) < 4.78 is 10.2. The number of amides is 3. The van der Waals surface area contributed by atoms with E-state index < -0.39 is 0 Å². The molecular weight excluding hydrogens is 494 g/mol. The van der Waals surface area contributed by atoms with Crippen LogP contribution in [0.2, 0.25) is 0 Å². The van der Waals surface area contributed by atoms with E-state index >= 15 is 0 Å². The normalized spacial score (nSPS) is 21.6. The highest BCUT2D eigenvalue weighted by atomic mass is 16.6. The molecule has 0 aliphatic carbocycles. The Kier molecular flexibility index (Phi) is 22.2. The fourth-order valence-electron chi connectivity index (χ4n) is 4.59. The van der Waals surface area contributed by atoms with Crippen molar-refractivity contribution in [2.75, 3.05) is 26.2 Å². The van der Waals surface area contributed by atoms with Crippen molar-refractivity contribution in [3.63, 3.8) is 0 Å². The molecule has 0 saturated carbocycles. The van der Waals surface area contributed by atoms with E-state index in [-0.39, 0.29) is 46.5 Å². The van der Waals surface area contributed by atoms with Gasteiger partial charge in [0.15, 0.2) is 0 Å². The molecule has 3 fully saturated rings. The molecule has 0 aromatic carbocycles. The minimum absolute atomic E-state index is 0. The van der Waals surface area contributed by atoms with Crippen molar-refractivity contribution >= 4 is 18.1 Å². The van der Waals surface area contributed by atoms with E-state index in [1.807, 2.05) is 51.3 Å². The number of likely N-dealkylation sites (tertiary alicyclic amines) is 3. The molecule has 0 radical (unpaired) electrons. The van der Waals surface area contributed by atoms with Crippen LogP contribution >= 0.6 is 0 Å². The Labute approximate surface area is 242 Å². The molecular formula is C31H65N3O5. The number of hydrogen-bond donors (Lipinski definition) is 0. The van der Waals surface area contributed by atoms with E-state index in [1.165, 1.54) is 12.8 Å². The van der Waals surface area contributed by atoms with Crippen LogP contribution < -0.4 is 0 Å². The zero-order chi connectivity index (χ0) is 27.4. The molecule has 8 nitrogen and oxygen atoms in total. The SMILES string of the molecule is C.C.C.CC(C)C(=O)N1CCCC1C.CC(C)COC(=O)N1CCCC1C.CC(C)OC(=O)N1CCCC1C. The third kappa shape index (κ3) is 14.8. The highest BCUT2D eigenvalue weighted by Crippen LogP contribution is 2.19. The summed E-state index contributed by atoms with van der Waals surface area (Å²) in [4.78, 5) is 39.9. The molecule has 39 heavy (non-hydrogen) atoms. The van der Waals surface area contributed by atoms with Gasteiger partial charge in [0.05, 0.1) is 12.7 Å². The van der Waals surface area contributed by atoms with Crippen molar-refractivity contribution in [3.8, 4) is 0 Å². The van der Waals surface area contributed by atoms with E-state index in [4.69, 9.17) is 9.47 Å². The summed E-state index contributed by atoms with van der Waals surface area (Å²) in [5, 5.41) is 0. The van der Waals surface area contributed by atoms with Gasteiger partial charge >= 0.3 is 12.2 Å². The van der Waals surface area contributed by atoms with E-state index in [1.54, 1.807) is 4.90 Å². The number of ether oxygens (including phenoxy) is 2. The maximum atomic E-state index is 11.5. The lowest BCUT2D eigenvalue weighted by atomic mass is 10.2. The summed E-state index contributed by atoms with van der Waals surface area (Å²) in [6, 6.07) is 1.20. The minimum Gasteiger partial charge on any atom is -0.449 e. The van der Waals surface area contributed by atoms with Gasteiger partial charge in [-0.25, -0.2) is 9.59 Å². The van der Waals surface area contributed by atoms with Gasteiger partial charge in [-0.2, -0.15) is 0 Å². The summed E-state index contributed by atoms with van der Waals surface area (Å²) in [5.74, 6) is 0.896. The standard InChI is InChI=1S/C10H19NO2.C9H17NO2.C9H17NO.3CH4/c1-8(2)7-13-10(12)11-6-4-5-9(11)3;1-7(2)12-9(11)10-6-4-5-8(10)3;1-7(2)9(11)10-6-4-5-8(10)3;;;/h8-9H,4-7H2,1-3H3;7-8H,4-6H2,1-3H3;7-8H,4-6H2,1-3H3;3*1H4. The third-order valence-electron chi connectivity index (χ3n) is 6.78. The molecule has 234 valence electrons. The molecule has 0 N–H and O–H groups in total. The van der Waals surface area contributed by atoms with Gasteiger partial charge in [-0.15, -0.1) is 0 Å². The fourth-order valence-corrected chi connectivity index (χ4v) is 4.59. The van der Waals surface area contributed by atoms with Crippen LogP contribution in [-0.4, -0.2) is 83.3 Å². The first-order chi connectivity index (χ1) is 16.8. The van der Waals surface area contributed by atoms with E-state index in [0.29, 0.717) is 36.6 Å². The van der Waals surface area contributed by atoms with Crippen LogP contribution in [0.15, 0.2) is 0 Å². The number of carbonyl (C=O) groups is 3.